The monoisotopic (exact) mass is 593 g/mol. The summed E-state index contributed by atoms with van der Waals surface area (Å²) >= 11 is 0. The molecule has 0 spiro atoms. The van der Waals surface area contributed by atoms with Crippen molar-refractivity contribution in [2.45, 2.75) is 38.5 Å². The lowest BCUT2D eigenvalue weighted by molar-refractivity contribution is -0.139. The van der Waals surface area contributed by atoms with Gasteiger partial charge in [-0.15, -0.1) is 0 Å². The lowest BCUT2D eigenvalue weighted by Gasteiger charge is -2.27. The van der Waals surface area contributed by atoms with Crippen LogP contribution in [0.1, 0.15) is 47.6 Å². The molecule has 6 nitrogen and oxygen atoms in total. The summed E-state index contributed by atoms with van der Waals surface area (Å²) in [5.41, 5.74) is 2.55. The standard InChI is InChI=1S/C34H34F3NO5/c1-2-25-22-30(43-23-33(40)41)12-13-32(25)42-20-16-31(27-6-3-7-28(21-27)34(35,36)37)26-10-8-24(9-11-26)5-4-17-38-18-14-29(39)15-19-38/h3,6-13,16,21-22,29,39H,2,14-15,17-20,23H2,1H3,(H,40,41)/b31-16+. The van der Waals surface area contributed by atoms with Crippen LogP contribution in [0.4, 0.5) is 13.2 Å². The fourth-order valence-electron chi connectivity index (χ4n) is 4.75. The maximum absolute atomic E-state index is 13.5. The van der Waals surface area contributed by atoms with Crippen LogP contribution in [0.5, 0.6) is 11.5 Å². The van der Waals surface area contributed by atoms with Crippen molar-refractivity contribution in [1.82, 2.24) is 4.90 Å². The van der Waals surface area contributed by atoms with Gasteiger partial charge in [0.1, 0.15) is 18.1 Å². The predicted octanol–water partition coefficient (Wildman–Crippen LogP) is 6.05. The minimum Gasteiger partial charge on any atom is -0.489 e. The summed E-state index contributed by atoms with van der Waals surface area (Å²) in [5.74, 6) is 6.21. The number of ether oxygens (including phenoxy) is 2. The fourth-order valence-corrected chi connectivity index (χ4v) is 4.75. The SMILES string of the molecule is CCc1cc(OCC(=O)O)ccc1OC/C=C(\c1ccc(C#CCN2CCC(O)CC2)cc1)c1cccc(C(F)(F)F)c1. The smallest absolute Gasteiger partial charge is 0.416 e. The number of nitrogens with zero attached hydrogens (tertiary/aromatic N) is 1. The van der Waals surface area contributed by atoms with Crippen molar-refractivity contribution in [3.63, 3.8) is 0 Å². The van der Waals surface area contributed by atoms with Gasteiger partial charge in [0, 0.05) is 18.7 Å². The zero-order chi connectivity index (χ0) is 30.8. The van der Waals surface area contributed by atoms with Crippen LogP contribution in [0.15, 0.2) is 72.8 Å². The van der Waals surface area contributed by atoms with Gasteiger partial charge in [-0.3, -0.25) is 4.90 Å². The Kier molecular flexibility index (Phi) is 10.9. The molecule has 4 rings (SSSR count). The van der Waals surface area contributed by atoms with E-state index in [1.165, 1.54) is 6.07 Å². The molecule has 43 heavy (non-hydrogen) atoms. The minimum absolute atomic E-state index is 0.0833. The highest BCUT2D eigenvalue weighted by Gasteiger charge is 2.30. The van der Waals surface area contributed by atoms with Crippen LogP contribution in [0.3, 0.4) is 0 Å². The number of likely N-dealkylation sites (tertiary alicyclic amines) is 1. The summed E-state index contributed by atoms with van der Waals surface area (Å²) in [6.45, 7) is 3.77. The number of aliphatic hydroxyl groups excluding tert-OH is 1. The van der Waals surface area contributed by atoms with Gasteiger partial charge >= 0.3 is 12.1 Å². The third-order valence-electron chi connectivity index (χ3n) is 7.09. The molecule has 3 aromatic rings. The van der Waals surface area contributed by atoms with Crippen molar-refractivity contribution >= 4 is 11.5 Å². The fraction of sp³-hybridized carbons (Fsp3) is 0.324. The van der Waals surface area contributed by atoms with Crippen LogP contribution in [-0.4, -0.2) is 60.0 Å². The van der Waals surface area contributed by atoms with E-state index >= 15 is 0 Å². The van der Waals surface area contributed by atoms with E-state index < -0.39 is 24.3 Å². The first-order valence-electron chi connectivity index (χ1n) is 14.1. The molecular formula is C34H34F3NO5. The Balaban J connectivity index is 1.54. The van der Waals surface area contributed by atoms with E-state index in [1.807, 2.05) is 31.2 Å². The molecular weight excluding hydrogens is 559 g/mol. The Hall–Kier alpha value is -4.26. The molecule has 1 heterocycles. The number of hydrogen-bond acceptors (Lipinski definition) is 5. The van der Waals surface area contributed by atoms with E-state index in [0.717, 1.165) is 49.2 Å². The maximum atomic E-state index is 13.5. The highest BCUT2D eigenvalue weighted by Crippen LogP contribution is 2.33. The Bertz CT molecular complexity index is 1480. The lowest BCUT2D eigenvalue weighted by Crippen LogP contribution is -2.35. The van der Waals surface area contributed by atoms with Gasteiger partial charge in [0.2, 0.25) is 0 Å². The molecule has 1 aliphatic rings. The number of aliphatic carboxylic acids is 1. The van der Waals surface area contributed by atoms with Gasteiger partial charge < -0.3 is 19.7 Å². The normalized spacial score (nSPS) is 14.6. The summed E-state index contributed by atoms with van der Waals surface area (Å²) in [6, 6.07) is 17.6. The van der Waals surface area contributed by atoms with Gasteiger partial charge in [-0.05, 0) is 90.1 Å². The van der Waals surface area contributed by atoms with Crippen LogP contribution in [0.2, 0.25) is 0 Å². The molecule has 226 valence electrons. The molecule has 0 saturated carbocycles. The molecule has 3 aromatic carbocycles. The number of hydrogen-bond donors (Lipinski definition) is 2. The van der Waals surface area contributed by atoms with E-state index in [4.69, 9.17) is 14.6 Å². The van der Waals surface area contributed by atoms with Crippen molar-refractivity contribution < 1.29 is 37.7 Å². The van der Waals surface area contributed by atoms with E-state index in [0.29, 0.717) is 41.2 Å². The third-order valence-corrected chi connectivity index (χ3v) is 7.09. The molecule has 1 fully saturated rings. The maximum Gasteiger partial charge on any atom is 0.416 e. The van der Waals surface area contributed by atoms with Crippen LogP contribution in [0.25, 0.3) is 5.57 Å². The van der Waals surface area contributed by atoms with Gasteiger partial charge in [0.25, 0.3) is 0 Å². The molecule has 0 atom stereocenters. The molecule has 0 amide bonds. The lowest BCUT2D eigenvalue weighted by atomic mass is 9.95. The van der Waals surface area contributed by atoms with Crippen molar-refractivity contribution in [2.75, 3.05) is 32.8 Å². The number of carbonyl (C=O) groups is 1. The molecule has 0 bridgehead atoms. The summed E-state index contributed by atoms with van der Waals surface area (Å²) < 4.78 is 51.8. The van der Waals surface area contributed by atoms with Crippen molar-refractivity contribution in [2.24, 2.45) is 0 Å². The average Bonchev–Trinajstić information content (AvgIpc) is 2.99. The van der Waals surface area contributed by atoms with Gasteiger partial charge in [-0.1, -0.05) is 43.0 Å². The second-order valence-corrected chi connectivity index (χ2v) is 10.2. The van der Waals surface area contributed by atoms with Gasteiger partial charge in [-0.2, -0.15) is 13.2 Å². The zero-order valence-corrected chi connectivity index (χ0v) is 23.9. The Morgan fingerprint density at radius 1 is 1.02 bits per heavy atom. The number of rotatable bonds is 10. The highest BCUT2D eigenvalue weighted by molar-refractivity contribution is 5.80. The third kappa shape index (κ3) is 9.37. The van der Waals surface area contributed by atoms with Crippen molar-refractivity contribution in [3.8, 4) is 23.3 Å². The summed E-state index contributed by atoms with van der Waals surface area (Å²) in [7, 11) is 0. The highest BCUT2D eigenvalue weighted by atomic mass is 19.4. The quantitative estimate of drug-likeness (QED) is 0.279. The molecule has 1 saturated heterocycles. The van der Waals surface area contributed by atoms with Crippen LogP contribution >= 0.6 is 0 Å². The zero-order valence-electron chi connectivity index (χ0n) is 23.9. The van der Waals surface area contributed by atoms with Crippen LogP contribution < -0.4 is 9.47 Å². The number of aryl methyl sites for hydroxylation is 1. The molecule has 0 unspecified atom stereocenters. The second-order valence-electron chi connectivity index (χ2n) is 10.2. The molecule has 9 heteroatoms. The number of benzene rings is 3. The first kappa shape index (κ1) is 31.7. The second kappa shape index (κ2) is 14.8. The molecule has 0 aromatic heterocycles. The number of aliphatic hydroxyl groups is 1. The molecule has 0 radical (unpaired) electrons. The van der Waals surface area contributed by atoms with Crippen LogP contribution in [0, 0.1) is 11.8 Å². The van der Waals surface area contributed by atoms with Crippen molar-refractivity contribution in [3.05, 3.63) is 101 Å². The number of piperidine rings is 1. The van der Waals surface area contributed by atoms with E-state index in [-0.39, 0.29) is 12.7 Å². The Morgan fingerprint density at radius 3 is 2.44 bits per heavy atom. The first-order chi connectivity index (χ1) is 20.6. The summed E-state index contributed by atoms with van der Waals surface area (Å²) in [4.78, 5) is 13.0. The van der Waals surface area contributed by atoms with Crippen LogP contribution in [-0.2, 0) is 17.4 Å². The van der Waals surface area contributed by atoms with E-state index in [1.54, 1.807) is 30.3 Å². The van der Waals surface area contributed by atoms with E-state index in [9.17, 15) is 23.1 Å². The van der Waals surface area contributed by atoms with Gasteiger partial charge in [0.15, 0.2) is 6.61 Å². The number of carboxylic acid groups (broad SMARTS) is 1. The van der Waals surface area contributed by atoms with E-state index in [2.05, 4.69) is 16.7 Å². The number of halogens is 3. The molecule has 1 aliphatic heterocycles. The number of alkyl halides is 3. The Labute approximate surface area is 249 Å². The first-order valence-corrected chi connectivity index (χ1v) is 14.1. The summed E-state index contributed by atoms with van der Waals surface area (Å²) in [5, 5.41) is 18.5. The van der Waals surface area contributed by atoms with Gasteiger partial charge in [-0.25, -0.2) is 4.79 Å². The largest absolute Gasteiger partial charge is 0.489 e. The molecule has 2 N–H and O–H groups in total. The average molecular weight is 594 g/mol. The minimum atomic E-state index is -4.48. The Morgan fingerprint density at radius 2 is 1.77 bits per heavy atom. The van der Waals surface area contributed by atoms with Gasteiger partial charge in [0.05, 0.1) is 18.2 Å². The topological polar surface area (TPSA) is 79.2 Å². The predicted molar refractivity (Wildman–Crippen MR) is 158 cm³/mol. The summed E-state index contributed by atoms with van der Waals surface area (Å²) in [6.07, 6.45) is -0.875. The van der Waals surface area contributed by atoms with Crippen molar-refractivity contribution in [1.29, 1.82) is 0 Å². The molecule has 0 aliphatic carbocycles. The number of carboxylic acids is 1.